The maximum atomic E-state index is 12.4. The van der Waals surface area contributed by atoms with E-state index in [-0.39, 0.29) is 16.7 Å². The summed E-state index contributed by atoms with van der Waals surface area (Å²) >= 11 is 0. The first-order chi connectivity index (χ1) is 18.8. The molecule has 0 aromatic heterocycles. The molecule has 2 aromatic rings. The standard InChI is InChI=1S/C24H32N4O4S.C2HF3O2/c1-28(17-13-19-5-7-20(8-6-19)24-26-15-16-27-24)23(29)4-3-14-25-18-33(30,31)22-11-9-21(32-2)10-12-22;3-2(4,5)1(6)7/h5-12,25H,3-4,13-18H2,1-2H3,(H,26,27);(H,6,7). The van der Waals surface area contributed by atoms with E-state index in [2.05, 4.69) is 39.9 Å². The van der Waals surface area contributed by atoms with Crippen LogP contribution in [0.4, 0.5) is 13.2 Å². The summed E-state index contributed by atoms with van der Waals surface area (Å²) in [5, 5.41) is 13.3. The van der Waals surface area contributed by atoms with Crippen molar-refractivity contribution in [2.24, 2.45) is 4.99 Å². The number of aliphatic carboxylic acids is 1. The molecule has 0 saturated carbocycles. The normalized spacial score (nSPS) is 13.0. The van der Waals surface area contributed by atoms with E-state index in [0.29, 0.717) is 31.7 Å². The number of hydrogen-bond acceptors (Lipinski definition) is 8. The van der Waals surface area contributed by atoms with Crippen molar-refractivity contribution in [3.05, 3.63) is 59.7 Å². The summed E-state index contributed by atoms with van der Waals surface area (Å²) in [7, 11) is -0.0890. The number of ether oxygens (including phenoxy) is 1. The number of carbonyl (C=O) groups is 2. The molecule has 0 fully saturated rings. The maximum absolute atomic E-state index is 12.4. The fourth-order valence-electron chi connectivity index (χ4n) is 3.47. The van der Waals surface area contributed by atoms with Gasteiger partial charge in [-0.1, -0.05) is 24.3 Å². The van der Waals surface area contributed by atoms with Gasteiger partial charge in [0.25, 0.3) is 0 Å². The van der Waals surface area contributed by atoms with Crippen LogP contribution < -0.4 is 15.4 Å². The smallest absolute Gasteiger partial charge is 0.490 e. The van der Waals surface area contributed by atoms with E-state index in [1.807, 2.05) is 0 Å². The van der Waals surface area contributed by atoms with Crippen LogP contribution in [0.25, 0.3) is 0 Å². The third-order valence-corrected chi connectivity index (χ3v) is 7.34. The van der Waals surface area contributed by atoms with E-state index in [1.54, 1.807) is 24.1 Å². The molecule has 0 spiro atoms. The third-order valence-electron chi connectivity index (χ3n) is 5.76. The zero-order valence-corrected chi connectivity index (χ0v) is 23.0. The second-order valence-corrected chi connectivity index (χ2v) is 10.7. The number of nitrogens with one attached hydrogen (secondary N) is 2. The number of amidine groups is 1. The van der Waals surface area contributed by atoms with E-state index in [1.165, 1.54) is 24.8 Å². The van der Waals surface area contributed by atoms with Gasteiger partial charge in [0, 0.05) is 32.1 Å². The molecule has 220 valence electrons. The highest BCUT2D eigenvalue weighted by Gasteiger charge is 2.38. The van der Waals surface area contributed by atoms with E-state index in [4.69, 9.17) is 14.6 Å². The van der Waals surface area contributed by atoms with Crippen LogP contribution in [-0.2, 0) is 25.8 Å². The highest BCUT2D eigenvalue weighted by Crippen LogP contribution is 2.16. The number of halogens is 3. The van der Waals surface area contributed by atoms with Crippen LogP contribution in [0.15, 0.2) is 58.4 Å². The predicted molar refractivity (Wildman–Crippen MR) is 143 cm³/mol. The number of hydrogen-bond donors (Lipinski definition) is 3. The van der Waals surface area contributed by atoms with Gasteiger partial charge in [0.05, 0.1) is 18.6 Å². The number of benzene rings is 2. The second kappa shape index (κ2) is 15.2. The summed E-state index contributed by atoms with van der Waals surface area (Å²) < 4.78 is 61.5. The summed E-state index contributed by atoms with van der Waals surface area (Å²) in [6, 6.07) is 14.6. The maximum Gasteiger partial charge on any atom is 0.490 e. The molecular formula is C26H33F3N4O6S. The summed E-state index contributed by atoms with van der Waals surface area (Å²) in [6.07, 6.45) is -3.36. The number of carboxylic acid groups (broad SMARTS) is 1. The average molecular weight is 587 g/mol. The number of carbonyl (C=O) groups excluding carboxylic acids is 1. The Labute approximate surface area is 231 Å². The van der Waals surface area contributed by atoms with Gasteiger partial charge in [-0.3, -0.25) is 9.79 Å². The Morgan fingerprint density at radius 3 is 2.27 bits per heavy atom. The van der Waals surface area contributed by atoms with E-state index < -0.39 is 22.0 Å². The number of alkyl halides is 3. The highest BCUT2D eigenvalue weighted by atomic mass is 32.2. The lowest BCUT2D eigenvalue weighted by molar-refractivity contribution is -0.192. The number of amides is 1. The zero-order valence-electron chi connectivity index (χ0n) is 22.2. The molecule has 40 heavy (non-hydrogen) atoms. The molecule has 0 atom stereocenters. The van der Waals surface area contributed by atoms with Crippen molar-refractivity contribution in [3.63, 3.8) is 0 Å². The Hall–Kier alpha value is -3.65. The minimum Gasteiger partial charge on any atom is -0.497 e. The number of likely N-dealkylation sites (N-methyl/N-ethyl adjacent to an activating group) is 1. The first kappa shape index (κ1) is 32.6. The fraction of sp³-hybridized carbons (Fsp3) is 0.423. The van der Waals surface area contributed by atoms with Crippen molar-refractivity contribution in [1.82, 2.24) is 15.5 Å². The lowest BCUT2D eigenvalue weighted by Crippen LogP contribution is -2.30. The lowest BCUT2D eigenvalue weighted by atomic mass is 10.1. The van der Waals surface area contributed by atoms with Gasteiger partial charge in [0.2, 0.25) is 5.91 Å². The van der Waals surface area contributed by atoms with Crippen molar-refractivity contribution in [2.75, 3.05) is 46.2 Å². The van der Waals surface area contributed by atoms with E-state index in [0.717, 1.165) is 30.9 Å². The van der Waals surface area contributed by atoms with Gasteiger partial charge < -0.3 is 25.4 Å². The molecule has 1 amide bonds. The molecule has 10 nitrogen and oxygen atoms in total. The fourth-order valence-corrected chi connectivity index (χ4v) is 4.60. The first-order valence-corrected chi connectivity index (χ1v) is 14.0. The van der Waals surface area contributed by atoms with Crippen LogP contribution >= 0.6 is 0 Å². The Bertz CT molecular complexity index is 1250. The molecule has 1 aliphatic heterocycles. The van der Waals surface area contributed by atoms with Crippen LogP contribution in [0.5, 0.6) is 5.75 Å². The van der Waals surface area contributed by atoms with Crippen molar-refractivity contribution in [1.29, 1.82) is 0 Å². The van der Waals surface area contributed by atoms with Crippen LogP contribution in [-0.4, -0.2) is 88.5 Å². The van der Waals surface area contributed by atoms with Crippen LogP contribution in [0, 0.1) is 0 Å². The number of rotatable bonds is 12. The van der Waals surface area contributed by atoms with Crippen molar-refractivity contribution in [3.8, 4) is 5.75 Å². The lowest BCUT2D eigenvalue weighted by Gasteiger charge is -2.17. The van der Waals surface area contributed by atoms with Crippen LogP contribution in [0.2, 0.25) is 0 Å². The molecular weight excluding hydrogens is 553 g/mol. The molecule has 1 aliphatic rings. The zero-order chi connectivity index (χ0) is 29.8. The second-order valence-electron chi connectivity index (χ2n) is 8.76. The highest BCUT2D eigenvalue weighted by molar-refractivity contribution is 7.91. The number of aliphatic imine (C=N–C) groups is 1. The third kappa shape index (κ3) is 10.8. The molecule has 0 aliphatic carbocycles. The molecule has 0 unspecified atom stereocenters. The number of carboxylic acids is 1. The molecule has 3 N–H and O–H groups in total. The van der Waals surface area contributed by atoms with Gasteiger partial charge in [-0.25, -0.2) is 13.2 Å². The summed E-state index contributed by atoms with van der Waals surface area (Å²) in [4.78, 5) is 27.7. The number of methoxy groups -OCH3 is 1. The monoisotopic (exact) mass is 586 g/mol. The van der Waals surface area contributed by atoms with Crippen LogP contribution in [0.1, 0.15) is 24.0 Å². The minimum absolute atomic E-state index is 0.0518. The van der Waals surface area contributed by atoms with Crippen LogP contribution in [0.3, 0.4) is 0 Å². The van der Waals surface area contributed by atoms with E-state index in [9.17, 15) is 26.4 Å². The molecule has 2 aromatic carbocycles. The van der Waals surface area contributed by atoms with Gasteiger partial charge in [-0.2, -0.15) is 13.2 Å². The Balaban J connectivity index is 0.000000708. The Morgan fingerprint density at radius 2 is 1.75 bits per heavy atom. The summed E-state index contributed by atoms with van der Waals surface area (Å²) in [6.45, 7) is 2.79. The van der Waals surface area contributed by atoms with E-state index >= 15 is 0 Å². The summed E-state index contributed by atoms with van der Waals surface area (Å²) in [5.74, 6) is -1.32. The molecule has 14 heteroatoms. The largest absolute Gasteiger partial charge is 0.497 e. The molecule has 0 saturated heterocycles. The average Bonchev–Trinajstić information content (AvgIpc) is 3.46. The summed E-state index contributed by atoms with van der Waals surface area (Å²) in [5.41, 5.74) is 2.25. The quantitative estimate of drug-likeness (QED) is 0.323. The minimum atomic E-state index is -5.08. The van der Waals surface area contributed by atoms with Gasteiger partial charge in [-0.15, -0.1) is 0 Å². The Morgan fingerprint density at radius 1 is 1.12 bits per heavy atom. The van der Waals surface area contributed by atoms with Gasteiger partial charge in [0.15, 0.2) is 9.84 Å². The van der Waals surface area contributed by atoms with Crippen molar-refractivity contribution in [2.45, 2.75) is 30.3 Å². The van der Waals surface area contributed by atoms with Crippen molar-refractivity contribution < 1.29 is 41.0 Å². The number of sulfone groups is 1. The van der Waals surface area contributed by atoms with Gasteiger partial charge in [0.1, 0.15) is 17.5 Å². The SMILES string of the molecule is COc1ccc(S(=O)(=O)CNCCCC(=O)N(C)CCc2ccc(C3=NCCN3)cc2)cc1.O=C(O)C(F)(F)F. The number of nitrogens with zero attached hydrogens (tertiary/aromatic N) is 2. The molecule has 0 bridgehead atoms. The van der Waals surface area contributed by atoms with Crippen molar-refractivity contribution >= 4 is 27.5 Å². The Kier molecular flexibility index (Phi) is 12.4. The molecule has 3 rings (SSSR count). The topological polar surface area (TPSA) is 137 Å². The van der Waals surface area contributed by atoms with Gasteiger partial charge in [-0.05, 0) is 49.2 Å². The predicted octanol–water partition coefficient (Wildman–Crippen LogP) is 2.48. The first-order valence-electron chi connectivity index (χ1n) is 12.3. The van der Waals surface area contributed by atoms with Gasteiger partial charge >= 0.3 is 12.1 Å². The molecule has 1 heterocycles. The molecule has 0 radical (unpaired) electrons.